The summed E-state index contributed by atoms with van der Waals surface area (Å²) in [5.41, 5.74) is 0.286. The summed E-state index contributed by atoms with van der Waals surface area (Å²) in [4.78, 5) is 24.5. The van der Waals surface area contributed by atoms with Gasteiger partial charge in [0.25, 0.3) is 0 Å². The first-order valence-electron chi connectivity index (χ1n) is 8.56. The van der Waals surface area contributed by atoms with Crippen molar-refractivity contribution in [2.45, 2.75) is 52.6 Å². The van der Waals surface area contributed by atoms with Crippen molar-refractivity contribution in [2.75, 3.05) is 0 Å². The molecule has 0 spiro atoms. The maximum absolute atomic E-state index is 12.5. The van der Waals surface area contributed by atoms with Gasteiger partial charge >= 0.3 is 5.63 Å². The SMILES string of the molecule is CCCc1cc(=O)oc2c(C(=O)CC)c(O)c3c(c12)OC(C)(C)C=C3. The van der Waals surface area contributed by atoms with Gasteiger partial charge in [-0.05, 0) is 38.0 Å². The number of hydrogen-bond acceptors (Lipinski definition) is 5. The smallest absolute Gasteiger partial charge is 0.336 e. The molecule has 0 radical (unpaired) electrons. The fraction of sp³-hybridized carbons (Fsp3) is 0.400. The first-order valence-corrected chi connectivity index (χ1v) is 8.56. The normalized spacial score (nSPS) is 15.0. The third kappa shape index (κ3) is 2.84. The van der Waals surface area contributed by atoms with E-state index in [1.165, 1.54) is 6.07 Å². The van der Waals surface area contributed by atoms with Crippen LogP contribution in [0.1, 0.15) is 62.0 Å². The minimum Gasteiger partial charge on any atom is -0.506 e. The summed E-state index contributed by atoms with van der Waals surface area (Å²) in [6, 6.07) is 1.44. The van der Waals surface area contributed by atoms with E-state index < -0.39 is 11.2 Å². The van der Waals surface area contributed by atoms with Gasteiger partial charge < -0.3 is 14.3 Å². The van der Waals surface area contributed by atoms with Crippen LogP contribution >= 0.6 is 0 Å². The van der Waals surface area contributed by atoms with Crippen LogP contribution in [0.3, 0.4) is 0 Å². The molecule has 132 valence electrons. The van der Waals surface area contributed by atoms with Crippen molar-refractivity contribution in [3.05, 3.63) is 39.3 Å². The molecule has 2 heterocycles. The summed E-state index contributed by atoms with van der Waals surface area (Å²) >= 11 is 0. The molecule has 25 heavy (non-hydrogen) atoms. The van der Waals surface area contributed by atoms with Crippen molar-refractivity contribution in [3.8, 4) is 11.5 Å². The fourth-order valence-corrected chi connectivity index (χ4v) is 3.19. The van der Waals surface area contributed by atoms with Crippen LogP contribution in [-0.4, -0.2) is 16.5 Å². The van der Waals surface area contributed by atoms with Crippen molar-refractivity contribution in [1.29, 1.82) is 0 Å². The number of fused-ring (bicyclic) bond motifs is 3. The zero-order valence-corrected chi connectivity index (χ0v) is 14.9. The van der Waals surface area contributed by atoms with E-state index in [-0.39, 0.29) is 29.1 Å². The zero-order valence-electron chi connectivity index (χ0n) is 14.9. The lowest BCUT2D eigenvalue weighted by Gasteiger charge is -2.30. The molecule has 0 fully saturated rings. The molecule has 5 heteroatoms. The Kier molecular flexibility index (Phi) is 4.19. The lowest BCUT2D eigenvalue weighted by molar-refractivity contribution is 0.0986. The number of phenols is 1. The number of rotatable bonds is 4. The first kappa shape index (κ1) is 17.3. The summed E-state index contributed by atoms with van der Waals surface area (Å²) in [6.45, 7) is 7.52. The number of hydrogen-bond donors (Lipinski definition) is 1. The van der Waals surface area contributed by atoms with Crippen molar-refractivity contribution >= 4 is 22.8 Å². The second-order valence-electron chi connectivity index (χ2n) is 6.83. The van der Waals surface area contributed by atoms with Gasteiger partial charge in [-0.3, -0.25) is 4.79 Å². The fourth-order valence-electron chi connectivity index (χ4n) is 3.19. The number of aryl methyl sites for hydroxylation is 1. The predicted molar refractivity (Wildman–Crippen MR) is 96.5 cm³/mol. The van der Waals surface area contributed by atoms with Crippen LogP contribution in [0.2, 0.25) is 0 Å². The molecule has 1 aromatic carbocycles. The lowest BCUT2D eigenvalue weighted by Crippen LogP contribution is -2.28. The average Bonchev–Trinajstić information content (AvgIpc) is 2.53. The van der Waals surface area contributed by atoms with Crippen LogP contribution in [0.5, 0.6) is 11.5 Å². The molecule has 0 unspecified atom stereocenters. The van der Waals surface area contributed by atoms with Gasteiger partial charge in [0.1, 0.15) is 22.7 Å². The Morgan fingerprint density at radius 3 is 2.64 bits per heavy atom. The molecule has 0 aliphatic carbocycles. The van der Waals surface area contributed by atoms with Gasteiger partial charge in [-0.1, -0.05) is 20.3 Å². The Labute approximate surface area is 145 Å². The number of phenolic OH excluding ortho intramolecular Hbond substituents is 1. The summed E-state index contributed by atoms with van der Waals surface area (Å²) in [5, 5.41) is 11.3. The molecule has 5 nitrogen and oxygen atoms in total. The van der Waals surface area contributed by atoms with Crippen molar-refractivity contribution < 1.29 is 19.1 Å². The first-order chi connectivity index (χ1) is 11.8. The van der Waals surface area contributed by atoms with Gasteiger partial charge in [0.05, 0.1) is 10.9 Å². The number of benzene rings is 1. The van der Waals surface area contributed by atoms with E-state index in [9.17, 15) is 14.7 Å². The molecule has 2 aromatic rings. The number of ketones is 1. The highest BCUT2D eigenvalue weighted by Crippen LogP contribution is 2.46. The van der Waals surface area contributed by atoms with E-state index in [1.54, 1.807) is 13.0 Å². The third-order valence-electron chi connectivity index (χ3n) is 4.37. The molecule has 3 rings (SSSR count). The Hall–Kier alpha value is -2.56. The van der Waals surface area contributed by atoms with E-state index in [2.05, 4.69) is 0 Å². The van der Waals surface area contributed by atoms with Crippen molar-refractivity contribution in [2.24, 2.45) is 0 Å². The molecule has 1 aliphatic heterocycles. The van der Waals surface area contributed by atoms with Crippen LogP contribution in [0, 0.1) is 0 Å². The van der Waals surface area contributed by atoms with E-state index in [0.717, 1.165) is 12.0 Å². The monoisotopic (exact) mass is 342 g/mol. The zero-order chi connectivity index (χ0) is 18.4. The highest BCUT2D eigenvalue weighted by atomic mass is 16.5. The van der Waals surface area contributed by atoms with Gasteiger partial charge in [0.15, 0.2) is 11.4 Å². The second kappa shape index (κ2) is 6.06. The van der Waals surface area contributed by atoms with Gasteiger partial charge in [-0.2, -0.15) is 0 Å². The average molecular weight is 342 g/mol. The lowest BCUT2D eigenvalue weighted by atomic mass is 9.92. The van der Waals surface area contributed by atoms with Gasteiger partial charge in [0, 0.05) is 12.5 Å². The summed E-state index contributed by atoms with van der Waals surface area (Å²) < 4.78 is 11.5. The van der Waals surface area contributed by atoms with Gasteiger partial charge in [0.2, 0.25) is 0 Å². The topological polar surface area (TPSA) is 76.7 Å². The van der Waals surface area contributed by atoms with E-state index >= 15 is 0 Å². The molecule has 1 aliphatic rings. The van der Waals surface area contributed by atoms with Crippen molar-refractivity contribution in [1.82, 2.24) is 0 Å². The largest absolute Gasteiger partial charge is 0.506 e. The van der Waals surface area contributed by atoms with Crippen LogP contribution < -0.4 is 10.4 Å². The Balaban J connectivity index is 2.52. The number of aromatic hydroxyl groups is 1. The van der Waals surface area contributed by atoms with Gasteiger partial charge in [-0.15, -0.1) is 0 Å². The number of carbonyl (C=O) groups is 1. The Morgan fingerprint density at radius 1 is 1.28 bits per heavy atom. The van der Waals surface area contributed by atoms with E-state index in [0.29, 0.717) is 23.1 Å². The Bertz CT molecular complexity index is 947. The molecule has 0 saturated carbocycles. The quantitative estimate of drug-likeness (QED) is 0.665. The standard InChI is InChI=1S/C20H22O5/c1-5-7-11-10-14(22)24-19-15(11)18-12(8-9-20(3,4)25-18)17(23)16(19)13(21)6-2/h8-10,23H,5-7H2,1-4H3. The molecule has 0 bridgehead atoms. The van der Waals surface area contributed by atoms with E-state index in [4.69, 9.17) is 9.15 Å². The predicted octanol–water partition coefficient (Wildman–Crippen LogP) is 4.23. The molecule has 0 saturated heterocycles. The number of Topliss-reactive ketones (excluding diaryl/α,β-unsaturated/α-hetero) is 1. The third-order valence-corrected chi connectivity index (χ3v) is 4.37. The molecule has 1 N–H and O–H groups in total. The van der Waals surface area contributed by atoms with Gasteiger partial charge in [-0.25, -0.2) is 4.79 Å². The second-order valence-corrected chi connectivity index (χ2v) is 6.83. The summed E-state index contributed by atoms with van der Waals surface area (Å²) in [7, 11) is 0. The summed E-state index contributed by atoms with van der Waals surface area (Å²) in [5.74, 6) is -0.0157. The molecular weight excluding hydrogens is 320 g/mol. The highest BCUT2D eigenvalue weighted by Gasteiger charge is 2.31. The maximum atomic E-state index is 12.5. The minimum absolute atomic E-state index is 0.0549. The molecule has 0 atom stereocenters. The van der Waals surface area contributed by atoms with Crippen LogP contribution in [0.15, 0.2) is 21.4 Å². The summed E-state index contributed by atoms with van der Waals surface area (Å²) in [6.07, 6.45) is 5.26. The number of carbonyl (C=O) groups excluding carboxylic acids is 1. The van der Waals surface area contributed by atoms with Crippen LogP contribution in [0.4, 0.5) is 0 Å². The molecular formula is C20H22O5. The van der Waals surface area contributed by atoms with E-state index in [1.807, 2.05) is 26.8 Å². The molecule has 0 amide bonds. The van der Waals surface area contributed by atoms with Crippen LogP contribution in [-0.2, 0) is 6.42 Å². The number of ether oxygens (including phenoxy) is 1. The maximum Gasteiger partial charge on any atom is 0.336 e. The molecule has 1 aromatic heterocycles. The van der Waals surface area contributed by atoms with Crippen LogP contribution in [0.25, 0.3) is 17.0 Å². The highest BCUT2D eigenvalue weighted by molar-refractivity contribution is 6.12. The minimum atomic E-state index is -0.567. The Morgan fingerprint density at radius 2 is 2.00 bits per heavy atom. The van der Waals surface area contributed by atoms with Crippen molar-refractivity contribution in [3.63, 3.8) is 0 Å².